The molecule has 20 heavy (non-hydrogen) atoms. The molecule has 0 fully saturated rings. The Hall–Kier alpha value is -1.65. The minimum absolute atomic E-state index is 0.0704. The van der Waals surface area contributed by atoms with E-state index in [0.29, 0.717) is 6.61 Å². The number of benzene rings is 2. The van der Waals surface area contributed by atoms with Crippen LogP contribution in [0, 0.1) is 5.82 Å². The fourth-order valence-corrected chi connectivity index (χ4v) is 2.66. The van der Waals surface area contributed by atoms with Gasteiger partial charge in [0.2, 0.25) is 0 Å². The second-order valence-electron chi connectivity index (χ2n) is 5.51. The summed E-state index contributed by atoms with van der Waals surface area (Å²) in [5.74, 6) is -0.200. The average Bonchev–Trinajstić information content (AvgIpc) is 2.82. The van der Waals surface area contributed by atoms with Crippen LogP contribution in [0.25, 0.3) is 0 Å². The maximum Gasteiger partial charge on any atom is 0.362 e. The van der Waals surface area contributed by atoms with Gasteiger partial charge in [0.05, 0.1) is 6.61 Å². The highest BCUT2D eigenvalue weighted by Gasteiger charge is 2.29. The minimum atomic E-state index is -0.200. The molecule has 4 heteroatoms. The highest BCUT2D eigenvalue weighted by molar-refractivity contribution is 6.81. The van der Waals surface area contributed by atoms with Gasteiger partial charge in [-0.3, -0.25) is 0 Å². The Morgan fingerprint density at radius 2 is 1.90 bits per heavy atom. The lowest BCUT2D eigenvalue weighted by atomic mass is 9.56. The van der Waals surface area contributed by atoms with E-state index in [9.17, 15) is 4.39 Å². The fourth-order valence-electron chi connectivity index (χ4n) is 2.66. The van der Waals surface area contributed by atoms with Crippen molar-refractivity contribution in [3.05, 3.63) is 59.4 Å². The molecule has 0 amide bonds. The number of rotatable bonds is 3. The van der Waals surface area contributed by atoms with Gasteiger partial charge in [0.25, 0.3) is 0 Å². The molecule has 0 radical (unpaired) electrons. The first-order valence-corrected chi connectivity index (χ1v) is 6.77. The Morgan fingerprint density at radius 3 is 2.60 bits per heavy atom. The van der Waals surface area contributed by atoms with Crippen LogP contribution >= 0.6 is 0 Å². The molecule has 0 aromatic heterocycles. The summed E-state index contributed by atoms with van der Waals surface area (Å²) in [7, 11) is 4.11. The van der Waals surface area contributed by atoms with Crippen molar-refractivity contribution in [3.8, 4) is 0 Å². The number of hydrogen-bond donors (Lipinski definition) is 0. The molecular formula is C16H17BFNO. The molecule has 2 aromatic carbocycles. The Morgan fingerprint density at radius 1 is 1.15 bits per heavy atom. The predicted molar refractivity (Wildman–Crippen MR) is 80.0 cm³/mol. The Bertz CT molecular complexity index is 612. The summed E-state index contributed by atoms with van der Waals surface area (Å²) in [6.07, 6.45) is 0. The molecule has 1 heterocycles. The quantitative estimate of drug-likeness (QED) is 0.783. The topological polar surface area (TPSA) is 12.5 Å². The maximum absolute atomic E-state index is 13.2. The molecule has 3 rings (SSSR count). The standard InChI is InChI=1S/C16H17BFNO/c1-19(2)10-12-3-5-14(6-4-12)17-16-8-7-15(18)9-13(16)11-20-17/h3-9H,10-11H2,1-2H3. The van der Waals surface area contributed by atoms with Crippen molar-refractivity contribution in [1.82, 2.24) is 4.90 Å². The van der Waals surface area contributed by atoms with Gasteiger partial charge in [0.1, 0.15) is 5.82 Å². The number of hydrogen-bond acceptors (Lipinski definition) is 2. The van der Waals surface area contributed by atoms with Crippen LogP contribution in [0.15, 0.2) is 42.5 Å². The molecule has 0 atom stereocenters. The van der Waals surface area contributed by atoms with Gasteiger partial charge in [-0.1, -0.05) is 30.3 Å². The van der Waals surface area contributed by atoms with Crippen LogP contribution in [0.1, 0.15) is 11.1 Å². The van der Waals surface area contributed by atoms with Crippen LogP contribution in [-0.4, -0.2) is 25.9 Å². The zero-order valence-corrected chi connectivity index (χ0v) is 11.8. The Kier molecular flexibility index (Phi) is 3.59. The van der Waals surface area contributed by atoms with Gasteiger partial charge in [-0.05, 0) is 48.3 Å². The third-order valence-electron chi connectivity index (χ3n) is 3.57. The monoisotopic (exact) mass is 269 g/mol. The fraction of sp³-hybridized carbons (Fsp3) is 0.250. The van der Waals surface area contributed by atoms with Crippen molar-refractivity contribution in [2.75, 3.05) is 14.1 Å². The Balaban J connectivity index is 1.85. The molecule has 102 valence electrons. The van der Waals surface area contributed by atoms with E-state index in [2.05, 4.69) is 43.3 Å². The van der Waals surface area contributed by atoms with E-state index in [0.717, 1.165) is 23.0 Å². The molecular weight excluding hydrogens is 252 g/mol. The zero-order valence-electron chi connectivity index (χ0n) is 11.8. The van der Waals surface area contributed by atoms with E-state index in [-0.39, 0.29) is 12.7 Å². The molecule has 0 aliphatic carbocycles. The van der Waals surface area contributed by atoms with Crippen molar-refractivity contribution < 1.29 is 9.04 Å². The summed E-state index contributed by atoms with van der Waals surface area (Å²) in [6, 6.07) is 13.3. The van der Waals surface area contributed by atoms with Gasteiger partial charge in [-0.15, -0.1) is 0 Å². The van der Waals surface area contributed by atoms with Crippen LogP contribution in [0.4, 0.5) is 4.39 Å². The summed E-state index contributed by atoms with van der Waals surface area (Å²) < 4.78 is 19.0. The first kappa shape index (κ1) is 13.3. The van der Waals surface area contributed by atoms with Crippen molar-refractivity contribution in [2.45, 2.75) is 13.2 Å². The van der Waals surface area contributed by atoms with Gasteiger partial charge in [0.15, 0.2) is 0 Å². The molecule has 0 spiro atoms. The summed E-state index contributed by atoms with van der Waals surface area (Å²) in [5.41, 5.74) is 4.42. The molecule has 0 saturated heterocycles. The average molecular weight is 269 g/mol. The molecule has 0 saturated carbocycles. The lowest BCUT2D eigenvalue weighted by Gasteiger charge is -2.11. The third kappa shape index (κ3) is 2.62. The lowest BCUT2D eigenvalue weighted by molar-refractivity contribution is 0.336. The van der Waals surface area contributed by atoms with E-state index in [1.54, 1.807) is 6.07 Å². The van der Waals surface area contributed by atoms with E-state index >= 15 is 0 Å². The predicted octanol–water partition coefficient (Wildman–Crippen LogP) is 1.52. The summed E-state index contributed by atoms with van der Waals surface area (Å²) >= 11 is 0. The molecule has 1 aliphatic rings. The van der Waals surface area contributed by atoms with Crippen molar-refractivity contribution in [1.29, 1.82) is 0 Å². The second kappa shape index (κ2) is 5.39. The van der Waals surface area contributed by atoms with E-state index in [4.69, 9.17) is 4.65 Å². The minimum Gasteiger partial charge on any atom is -0.423 e. The number of fused-ring (bicyclic) bond motifs is 1. The SMILES string of the molecule is CN(C)Cc1ccc(B2OCc3cc(F)ccc32)cc1. The highest BCUT2D eigenvalue weighted by Crippen LogP contribution is 2.13. The lowest BCUT2D eigenvalue weighted by Crippen LogP contribution is -2.41. The maximum atomic E-state index is 13.2. The van der Waals surface area contributed by atoms with E-state index in [1.165, 1.54) is 11.6 Å². The first-order chi connectivity index (χ1) is 9.63. The first-order valence-electron chi connectivity index (χ1n) is 6.77. The van der Waals surface area contributed by atoms with Crippen LogP contribution in [0.5, 0.6) is 0 Å². The normalized spacial score (nSPS) is 13.9. The Labute approximate surface area is 119 Å². The van der Waals surface area contributed by atoms with E-state index < -0.39 is 0 Å². The summed E-state index contributed by atoms with van der Waals surface area (Å²) in [5, 5.41) is 0. The smallest absolute Gasteiger partial charge is 0.362 e. The second-order valence-corrected chi connectivity index (χ2v) is 5.51. The zero-order chi connectivity index (χ0) is 14.1. The van der Waals surface area contributed by atoms with Crippen molar-refractivity contribution >= 4 is 17.8 Å². The van der Waals surface area contributed by atoms with Gasteiger partial charge in [-0.25, -0.2) is 4.39 Å². The molecule has 0 N–H and O–H groups in total. The van der Waals surface area contributed by atoms with Gasteiger partial charge >= 0.3 is 6.92 Å². The molecule has 0 bridgehead atoms. The van der Waals surface area contributed by atoms with Crippen LogP contribution in [0.3, 0.4) is 0 Å². The summed E-state index contributed by atoms with van der Waals surface area (Å²) in [4.78, 5) is 2.14. The van der Waals surface area contributed by atoms with Crippen LogP contribution in [-0.2, 0) is 17.8 Å². The number of nitrogens with zero attached hydrogens (tertiary/aromatic N) is 1. The van der Waals surface area contributed by atoms with Crippen molar-refractivity contribution in [3.63, 3.8) is 0 Å². The van der Waals surface area contributed by atoms with Crippen LogP contribution < -0.4 is 10.9 Å². The van der Waals surface area contributed by atoms with E-state index in [1.807, 2.05) is 6.07 Å². The molecule has 2 nitrogen and oxygen atoms in total. The molecule has 0 unspecified atom stereocenters. The third-order valence-corrected chi connectivity index (χ3v) is 3.57. The highest BCUT2D eigenvalue weighted by atomic mass is 19.1. The summed E-state index contributed by atoms with van der Waals surface area (Å²) in [6.45, 7) is 1.34. The van der Waals surface area contributed by atoms with Crippen LogP contribution in [0.2, 0.25) is 0 Å². The van der Waals surface area contributed by atoms with Gasteiger partial charge in [-0.2, -0.15) is 0 Å². The molecule has 1 aliphatic heterocycles. The van der Waals surface area contributed by atoms with Crippen molar-refractivity contribution in [2.24, 2.45) is 0 Å². The van der Waals surface area contributed by atoms with Gasteiger partial charge < -0.3 is 9.55 Å². The molecule has 2 aromatic rings. The van der Waals surface area contributed by atoms with Gasteiger partial charge in [0, 0.05) is 6.54 Å². The largest absolute Gasteiger partial charge is 0.423 e. The number of halogens is 1.